The quantitative estimate of drug-likeness (QED) is 0.811. The third-order valence-corrected chi connectivity index (χ3v) is 3.42. The van der Waals surface area contributed by atoms with Gasteiger partial charge in [-0.1, -0.05) is 0 Å². The van der Waals surface area contributed by atoms with Crippen molar-refractivity contribution in [3.63, 3.8) is 0 Å². The van der Waals surface area contributed by atoms with E-state index in [1.807, 2.05) is 32.5 Å². The molecule has 1 unspecified atom stereocenters. The molecule has 0 aliphatic carbocycles. The van der Waals surface area contributed by atoms with Crippen molar-refractivity contribution in [2.75, 3.05) is 0 Å². The smallest absolute Gasteiger partial charge is 0.0688 e. The monoisotopic (exact) mass is 225 g/mol. The van der Waals surface area contributed by atoms with Crippen molar-refractivity contribution in [3.8, 4) is 0 Å². The van der Waals surface area contributed by atoms with Crippen LogP contribution in [-0.2, 0) is 13.6 Å². The van der Waals surface area contributed by atoms with Gasteiger partial charge in [-0.2, -0.15) is 5.10 Å². The van der Waals surface area contributed by atoms with Crippen LogP contribution in [0.1, 0.15) is 37.7 Å². The van der Waals surface area contributed by atoms with Crippen molar-refractivity contribution in [1.29, 1.82) is 0 Å². The molecule has 1 heterocycles. The van der Waals surface area contributed by atoms with E-state index in [0.717, 1.165) is 12.2 Å². The summed E-state index contributed by atoms with van der Waals surface area (Å²) in [6, 6.07) is 0. The van der Waals surface area contributed by atoms with Gasteiger partial charge in [0.1, 0.15) is 0 Å². The molecule has 1 aromatic rings. The Labute approximate surface area is 97.7 Å². The molecule has 0 radical (unpaired) electrons. The first-order valence-electron chi connectivity index (χ1n) is 5.68. The van der Waals surface area contributed by atoms with Gasteiger partial charge in [0, 0.05) is 30.4 Å². The maximum Gasteiger partial charge on any atom is 0.0688 e. The Balaban J connectivity index is 2.75. The molecular weight excluding hydrogens is 202 g/mol. The van der Waals surface area contributed by atoms with Crippen LogP contribution in [0.15, 0.2) is 0 Å². The Morgan fingerprint density at radius 2 is 2.00 bits per heavy atom. The van der Waals surface area contributed by atoms with Gasteiger partial charge in [0.2, 0.25) is 0 Å². The number of aryl methyl sites for hydroxylation is 2. The summed E-state index contributed by atoms with van der Waals surface area (Å²) >= 11 is 0. The van der Waals surface area contributed by atoms with Gasteiger partial charge in [-0.05, 0) is 34.6 Å². The molecule has 4 heteroatoms. The fourth-order valence-corrected chi connectivity index (χ4v) is 1.54. The highest BCUT2D eigenvalue weighted by Crippen LogP contribution is 2.15. The van der Waals surface area contributed by atoms with Crippen LogP contribution in [-0.4, -0.2) is 26.5 Å². The summed E-state index contributed by atoms with van der Waals surface area (Å²) in [4.78, 5) is 0. The van der Waals surface area contributed by atoms with Gasteiger partial charge in [-0.25, -0.2) is 0 Å². The minimum Gasteiger partial charge on any atom is -0.392 e. The van der Waals surface area contributed by atoms with E-state index in [1.54, 1.807) is 6.92 Å². The predicted octanol–water partition coefficient (Wildman–Crippen LogP) is 1.29. The lowest BCUT2D eigenvalue weighted by molar-refractivity contribution is 0.0956. The molecule has 2 N–H and O–H groups in total. The molecule has 0 fully saturated rings. The van der Waals surface area contributed by atoms with E-state index in [1.165, 1.54) is 11.3 Å². The second kappa shape index (κ2) is 4.55. The zero-order valence-corrected chi connectivity index (χ0v) is 11.1. The van der Waals surface area contributed by atoms with E-state index >= 15 is 0 Å². The number of nitrogens with one attached hydrogen (secondary N) is 1. The van der Waals surface area contributed by atoms with Crippen LogP contribution in [0.5, 0.6) is 0 Å². The third-order valence-electron chi connectivity index (χ3n) is 3.42. The van der Waals surface area contributed by atoms with Gasteiger partial charge >= 0.3 is 0 Å². The molecule has 1 aromatic heterocycles. The molecule has 0 saturated carbocycles. The summed E-state index contributed by atoms with van der Waals surface area (Å²) in [5.41, 5.74) is 3.16. The maximum atomic E-state index is 9.62. The summed E-state index contributed by atoms with van der Waals surface area (Å²) in [6.07, 6.45) is -0.384. The molecular formula is C12H23N3O. The first-order valence-corrected chi connectivity index (χ1v) is 5.68. The highest BCUT2D eigenvalue weighted by molar-refractivity contribution is 5.24. The Kier molecular flexibility index (Phi) is 3.76. The maximum absolute atomic E-state index is 9.62. The minimum absolute atomic E-state index is 0.283. The van der Waals surface area contributed by atoms with E-state index < -0.39 is 0 Å². The summed E-state index contributed by atoms with van der Waals surface area (Å²) in [7, 11) is 1.95. The van der Waals surface area contributed by atoms with Crippen LogP contribution in [0.25, 0.3) is 0 Å². The zero-order chi connectivity index (χ0) is 12.5. The normalized spacial score (nSPS) is 14.2. The van der Waals surface area contributed by atoms with E-state index in [-0.39, 0.29) is 11.6 Å². The van der Waals surface area contributed by atoms with E-state index in [2.05, 4.69) is 17.3 Å². The van der Waals surface area contributed by atoms with Crippen LogP contribution in [0.2, 0.25) is 0 Å². The Morgan fingerprint density at radius 1 is 1.44 bits per heavy atom. The molecule has 0 aromatic carbocycles. The number of aliphatic hydroxyl groups excluding tert-OH is 1. The summed E-state index contributed by atoms with van der Waals surface area (Å²) in [5.74, 6) is 0. The molecule has 0 aliphatic heterocycles. The first-order chi connectivity index (χ1) is 7.25. The second-order valence-electron chi connectivity index (χ2n) is 5.02. The minimum atomic E-state index is -0.384. The predicted molar refractivity (Wildman–Crippen MR) is 65.3 cm³/mol. The molecule has 92 valence electrons. The Bertz CT molecular complexity index is 367. The molecule has 0 spiro atoms. The average Bonchev–Trinajstić information content (AvgIpc) is 2.39. The van der Waals surface area contributed by atoms with Gasteiger partial charge in [0.15, 0.2) is 0 Å². The van der Waals surface area contributed by atoms with Gasteiger partial charge in [-0.3, -0.25) is 4.68 Å². The fourth-order valence-electron chi connectivity index (χ4n) is 1.54. The molecule has 4 nitrogen and oxygen atoms in total. The summed E-state index contributed by atoms with van der Waals surface area (Å²) < 4.78 is 1.89. The average molecular weight is 225 g/mol. The lowest BCUT2D eigenvalue weighted by atomic mass is 9.98. The molecule has 0 saturated heterocycles. The van der Waals surface area contributed by atoms with Crippen LogP contribution < -0.4 is 5.32 Å². The molecule has 1 atom stereocenters. The van der Waals surface area contributed by atoms with Gasteiger partial charge in [0.25, 0.3) is 0 Å². The number of aliphatic hydroxyl groups is 1. The van der Waals surface area contributed by atoms with E-state index in [9.17, 15) is 5.11 Å². The molecule has 1 rings (SSSR count). The highest BCUT2D eigenvalue weighted by atomic mass is 16.3. The fraction of sp³-hybridized carbons (Fsp3) is 0.750. The lowest BCUT2D eigenvalue weighted by Gasteiger charge is -2.29. The van der Waals surface area contributed by atoms with Crippen LogP contribution in [0.3, 0.4) is 0 Å². The first kappa shape index (κ1) is 13.2. The van der Waals surface area contributed by atoms with E-state index in [0.29, 0.717) is 0 Å². The summed E-state index contributed by atoms with van der Waals surface area (Å²) in [6.45, 7) is 10.6. The highest BCUT2D eigenvalue weighted by Gasteiger charge is 2.24. The number of hydrogen-bond acceptors (Lipinski definition) is 3. The van der Waals surface area contributed by atoms with Gasteiger partial charge in [0.05, 0.1) is 11.8 Å². The molecule has 0 bridgehead atoms. The standard InChI is InChI=1S/C12H23N3O/c1-8-11(9(2)15(6)14-8)7-13-12(4,5)10(3)16/h10,13,16H,7H2,1-6H3. The van der Waals surface area contributed by atoms with Crippen LogP contribution in [0, 0.1) is 13.8 Å². The van der Waals surface area contributed by atoms with Crippen molar-refractivity contribution < 1.29 is 5.11 Å². The number of aromatic nitrogens is 2. The third kappa shape index (κ3) is 2.62. The second-order valence-corrected chi connectivity index (χ2v) is 5.02. The van der Waals surface area contributed by atoms with Crippen molar-refractivity contribution >= 4 is 0 Å². The number of nitrogens with zero attached hydrogens (tertiary/aromatic N) is 2. The zero-order valence-electron chi connectivity index (χ0n) is 11.1. The van der Waals surface area contributed by atoms with Crippen LogP contribution in [0.4, 0.5) is 0 Å². The number of rotatable bonds is 4. The Hall–Kier alpha value is -0.870. The van der Waals surface area contributed by atoms with Crippen molar-refractivity contribution in [2.45, 2.75) is 52.8 Å². The van der Waals surface area contributed by atoms with Crippen molar-refractivity contribution in [2.24, 2.45) is 7.05 Å². The van der Waals surface area contributed by atoms with E-state index in [4.69, 9.17) is 0 Å². The topological polar surface area (TPSA) is 50.1 Å². The summed E-state index contributed by atoms with van der Waals surface area (Å²) in [5, 5.41) is 17.4. The van der Waals surface area contributed by atoms with Gasteiger partial charge in [-0.15, -0.1) is 0 Å². The SMILES string of the molecule is Cc1nn(C)c(C)c1CNC(C)(C)C(C)O. The number of hydrogen-bond donors (Lipinski definition) is 2. The van der Waals surface area contributed by atoms with Crippen molar-refractivity contribution in [1.82, 2.24) is 15.1 Å². The Morgan fingerprint density at radius 3 is 2.38 bits per heavy atom. The molecule has 16 heavy (non-hydrogen) atoms. The molecule has 0 amide bonds. The van der Waals surface area contributed by atoms with Crippen molar-refractivity contribution in [3.05, 3.63) is 17.0 Å². The van der Waals surface area contributed by atoms with Gasteiger partial charge < -0.3 is 10.4 Å². The van der Waals surface area contributed by atoms with Crippen LogP contribution >= 0.6 is 0 Å². The molecule has 0 aliphatic rings. The lowest BCUT2D eigenvalue weighted by Crippen LogP contribution is -2.47. The largest absolute Gasteiger partial charge is 0.392 e.